The third-order valence-corrected chi connectivity index (χ3v) is 2.51. The Morgan fingerprint density at radius 1 is 1.19 bits per heavy atom. The highest BCUT2D eigenvalue weighted by atomic mass is 16.3. The molecule has 0 spiro atoms. The third kappa shape index (κ3) is 3.24. The van der Waals surface area contributed by atoms with E-state index in [9.17, 15) is 0 Å². The maximum atomic E-state index is 9.11. The maximum Gasteiger partial charge on any atom is 0.0884 e. The Hall–Kier alpha value is -1.01. The molecule has 5 nitrogen and oxygen atoms in total. The fourth-order valence-electron chi connectivity index (χ4n) is 1.32. The summed E-state index contributed by atoms with van der Waals surface area (Å²) in [6.07, 6.45) is 3.46. The zero-order valence-electron chi connectivity index (χ0n) is 9.35. The van der Waals surface area contributed by atoms with E-state index in [1.54, 1.807) is 12.4 Å². The molecule has 0 unspecified atom stereocenters. The largest absolute Gasteiger partial charge is 0.394 e. The van der Waals surface area contributed by atoms with E-state index in [2.05, 4.69) is 10.3 Å². The van der Waals surface area contributed by atoms with Crippen molar-refractivity contribution in [2.75, 3.05) is 19.8 Å². The van der Waals surface area contributed by atoms with Crippen LogP contribution in [0.25, 0.3) is 0 Å². The zero-order valence-corrected chi connectivity index (χ0v) is 9.35. The minimum Gasteiger partial charge on any atom is -0.394 e. The number of aromatic nitrogens is 1. The van der Waals surface area contributed by atoms with Crippen LogP contribution in [-0.4, -0.2) is 45.7 Å². The van der Waals surface area contributed by atoms with Gasteiger partial charge in [-0.25, -0.2) is 0 Å². The molecule has 0 saturated heterocycles. The second kappa shape index (κ2) is 5.91. The molecule has 1 aromatic heterocycles. The quantitative estimate of drug-likeness (QED) is 0.510. The van der Waals surface area contributed by atoms with E-state index in [1.165, 1.54) is 0 Å². The lowest BCUT2D eigenvalue weighted by molar-refractivity contribution is 0.0413. The van der Waals surface area contributed by atoms with Gasteiger partial charge < -0.3 is 20.6 Å². The number of hydrogen-bond acceptors (Lipinski definition) is 5. The molecular weight excluding hydrogens is 208 g/mol. The van der Waals surface area contributed by atoms with E-state index < -0.39 is 5.54 Å². The molecular formula is C11H18N2O3. The number of aliphatic hydroxyl groups is 3. The van der Waals surface area contributed by atoms with Gasteiger partial charge in [0.2, 0.25) is 0 Å². The van der Waals surface area contributed by atoms with Crippen LogP contribution in [0.1, 0.15) is 11.1 Å². The molecule has 0 aliphatic carbocycles. The monoisotopic (exact) mass is 226 g/mol. The Morgan fingerprint density at radius 3 is 2.31 bits per heavy atom. The summed E-state index contributed by atoms with van der Waals surface area (Å²) < 4.78 is 0. The summed E-state index contributed by atoms with van der Waals surface area (Å²) in [4.78, 5) is 4.03. The summed E-state index contributed by atoms with van der Waals surface area (Å²) in [6.45, 7) is 1.42. The van der Waals surface area contributed by atoms with E-state index in [0.717, 1.165) is 11.1 Å². The van der Waals surface area contributed by atoms with Crippen LogP contribution >= 0.6 is 0 Å². The zero-order chi connectivity index (χ0) is 12.0. The molecule has 0 saturated carbocycles. The van der Waals surface area contributed by atoms with Gasteiger partial charge in [-0.2, -0.15) is 0 Å². The van der Waals surface area contributed by atoms with E-state index >= 15 is 0 Å². The van der Waals surface area contributed by atoms with Crippen LogP contribution in [0.2, 0.25) is 0 Å². The first-order valence-electron chi connectivity index (χ1n) is 5.14. The van der Waals surface area contributed by atoms with Crippen LogP contribution < -0.4 is 5.32 Å². The minimum atomic E-state index is -1.04. The number of nitrogens with one attached hydrogen (secondary N) is 1. The van der Waals surface area contributed by atoms with Crippen molar-refractivity contribution in [3.63, 3.8) is 0 Å². The predicted molar refractivity (Wildman–Crippen MR) is 59.8 cm³/mol. The van der Waals surface area contributed by atoms with Crippen molar-refractivity contribution in [1.29, 1.82) is 0 Å². The molecule has 1 heterocycles. The van der Waals surface area contributed by atoms with E-state index in [1.807, 2.05) is 13.0 Å². The SMILES string of the molecule is Cc1cncc(CNC(CO)(CO)CO)c1. The molecule has 0 aromatic carbocycles. The fourth-order valence-corrected chi connectivity index (χ4v) is 1.32. The summed E-state index contributed by atoms with van der Waals surface area (Å²) in [7, 11) is 0. The average molecular weight is 226 g/mol. The number of hydrogen-bond donors (Lipinski definition) is 4. The van der Waals surface area contributed by atoms with Crippen LogP contribution in [0.4, 0.5) is 0 Å². The second-order valence-electron chi connectivity index (χ2n) is 3.98. The molecule has 16 heavy (non-hydrogen) atoms. The van der Waals surface area contributed by atoms with Crippen LogP contribution in [0.15, 0.2) is 18.5 Å². The molecule has 0 bridgehead atoms. The number of nitrogens with zero attached hydrogens (tertiary/aromatic N) is 1. The molecule has 0 radical (unpaired) electrons. The van der Waals surface area contributed by atoms with E-state index in [-0.39, 0.29) is 19.8 Å². The highest BCUT2D eigenvalue weighted by molar-refractivity contribution is 5.16. The van der Waals surface area contributed by atoms with Gasteiger partial charge >= 0.3 is 0 Å². The summed E-state index contributed by atoms with van der Waals surface area (Å²) in [5.41, 5.74) is 0.950. The van der Waals surface area contributed by atoms with Gasteiger partial charge in [-0.05, 0) is 18.1 Å². The Morgan fingerprint density at radius 2 is 1.81 bits per heavy atom. The predicted octanol–water partition coefficient (Wildman–Crippen LogP) is -0.805. The van der Waals surface area contributed by atoms with Gasteiger partial charge in [-0.3, -0.25) is 4.98 Å². The Labute approximate surface area is 94.8 Å². The first-order chi connectivity index (χ1) is 7.65. The van der Waals surface area contributed by atoms with Crippen LogP contribution in [-0.2, 0) is 6.54 Å². The van der Waals surface area contributed by atoms with Crippen LogP contribution in [0, 0.1) is 6.92 Å². The van der Waals surface area contributed by atoms with Gasteiger partial charge in [0.1, 0.15) is 0 Å². The Bertz CT molecular complexity index is 318. The van der Waals surface area contributed by atoms with Crippen molar-refractivity contribution >= 4 is 0 Å². The lowest BCUT2D eigenvalue weighted by Crippen LogP contribution is -2.54. The lowest BCUT2D eigenvalue weighted by Gasteiger charge is -2.28. The molecule has 1 rings (SSSR count). The topological polar surface area (TPSA) is 85.6 Å². The highest BCUT2D eigenvalue weighted by Gasteiger charge is 2.26. The standard InChI is InChI=1S/C11H18N2O3/c1-9-2-10(4-12-3-9)5-13-11(6-14,7-15)8-16/h2-4,13-16H,5-8H2,1H3. The molecule has 5 heteroatoms. The van der Waals surface area contributed by atoms with Gasteiger partial charge in [-0.1, -0.05) is 6.07 Å². The fraction of sp³-hybridized carbons (Fsp3) is 0.545. The molecule has 0 aliphatic heterocycles. The Kier molecular flexibility index (Phi) is 4.82. The highest BCUT2D eigenvalue weighted by Crippen LogP contribution is 2.06. The summed E-state index contributed by atoms with van der Waals surface area (Å²) >= 11 is 0. The lowest BCUT2D eigenvalue weighted by atomic mass is 10.0. The summed E-state index contributed by atoms with van der Waals surface area (Å²) in [5.74, 6) is 0. The number of rotatable bonds is 6. The van der Waals surface area contributed by atoms with Crippen molar-refractivity contribution in [2.45, 2.75) is 19.0 Å². The molecule has 0 atom stereocenters. The van der Waals surface area contributed by atoms with Crippen molar-refractivity contribution in [2.24, 2.45) is 0 Å². The van der Waals surface area contributed by atoms with Gasteiger partial charge in [0.15, 0.2) is 0 Å². The second-order valence-corrected chi connectivity index (χ2v) is 3.98. The third-order valence-electron chi connectivity index (χ3n) is 2.51. The van der Waals surface area contributed by atoms with Crippen molar-refractivity contribution < 1.29 is 15.3 Å². The van der Waals surface area contributed by atoms with E-state index in [0.29, 0.717) is 6.54 Å². The molecule has 0 amide bonds. The smallest absolute Gasteiger partial charge is 0.0884 e. The van der Waals surface area contributed by atoms with Crippen LogP contribution in [0.5, 0.6) is 0 Å². The average Bonchev–Trinajstić information content (AvgIpc) is 2.32. The van der Waals surface area contributed by atoms with Gasteiger partial charge in [0, 0.05) is 18.9 Å². The van der Waals surface area contributed by atoms with Crippen molar-refractivity contribution in [3.05, 3.63) is 29.6 Å². The first-order valence-corrected chi connectivity index (χ1v) is 5.14. The minimum absolute atomic E-state index is 0.320. The number of aryl methyl sites for hydroxylation is 1. The van der Waals surface area contributed by atoms with Gasteiger partial charge in [-0.15, -0.1) is 0 Å². The van der Waals surface area contributed by atoms with Gasteiger partial charge in [0.05, 0.1) is 25.4 Å². The molecule has 0 aliphatic rings. The summed E-state index contributed by atoms with van der Waals surface area (Å²) in [5, 5.41) is 30.3. The first kappa shape index (κ1) is 13.1. The number of aliphatic hydroxyl groups excluding tert-OH is 3. The van der Waals surface area contributed by atoms with Crippen molar-refractivity contribution in [3.8, 4) is 0 Å². The maximum absolute atomic E-state index is 9.11. The number of pyridine rings is 1. The molecule has 0 fully saturated rings. The van der Waals surface area contributed by atoms with Crippen molar-refractivity contribution in [1.82, 2.24) is 10.3 Å². The van der Waals surface area contributed by atoms with Gasteiger partial charge in [0.25, 0.3) is 0 Å². The molecule has 4 N–H and O–H groups in total. The molecule has 1 aromatic rings. The normalized spacial score (nSPS) is 11.8. The van der Waals surface area contributed by atoms with E-state index in [4.69, 9.17) is 15.3 Å². The van der Waals surface area contributed by atoms with Crippen LogP contribution in [0.3, 0.4) is 0 Å². The summed E-state index contributed by atoms with van der Waals surface area (Å²) in [6, 6.07) is 1.96. The molecule has 90 valence electrons. The Balaban J connectivity index is 2.62.